The highest BCUT2D eigenvalue weighted by Crippen LogP contribution is 2.21. The van der Waals surface area contributed by atoms with E-state index in [4.69, 9.17) is 4.84 Å². The number of rotatable bonds is 4. The van der Waals surface area contributed by atoms with Crippen LogP contribution in [0.2, 0.25) is 0 Å². The van der Waals surface area contributed by atoms with Gasteiger partial charge < -0.3 is 0 Å². The lowest BCUT2D eigenvalue weighted by Crippen LogP contribution is -2.26. The molecule has 0 N–H and O–H groups in total. The van der Waals surface area contributed by atoms with Gasteiger partial charge in [-0.05, 0) is 24.6 Å². The first-order chi connectivity index (χ1) is 8.66. The minimum absolute atomic E-state index is 0.0671. The van der Waals surface area contributed by atoms with Gasteiger partial charge in [0.05, 0.1) is 13.2 Å². The van der Waals surface area contributed by atoms with Gasteiger partial charge >= 0.3 is 0 Å². The van der Waals surface area contributed by atoms with Crippen LogP contribution in [0.4, 0.5) is 8.78 Å². The predicted molar refractivity (Wildman–Crippen MR) is 64.0 cm³/mol. The van der Waals surface area contributed by atoms with Crippen LogP contribution < -0.4 is 0 Å². The third-order valence-corrected chi connectivity index (χ3v) is 3.50. The number of carbonyl (C=O) groups is 1. The zero-order valence-corrected chi connectivity index (χ0v) is 10.5. The lowest BCUT2D eigenvalue weighted by Gasteiger charge is -2.13. The number of halogens is 2. The molecule has 2 rings (SSSR count). The van der Waals surface area contributed by atoms with E-state index in [-0.39, 0.29) is 5.91 Å². The number of hydrogen-bond acceptors (Lipinski definition) is 3. The molecule has 0 radical (unpaired) electrons. The highest BCUT2D eigenvalue weighted by atomic mass is 32.2. The summed E-state index contributed by atoms with van der Waals surface area (Å²) < 4.78 is 25.6. The Kier molecular flexibility index (Phi) is 4.54. The third kappa shape index (κ3) is 3.43. The van der Waals surface area contributed by atoms with Gasteiger partial charge in [0.1, 0.15) is 0 Å². The Hall–Kier alpha value is -1.14. The fourth-order valence-electron chi connectivity index (χ4n) is 1.59. The molecule has 1 fully saturated rings. The summed E-state index contributed by atoms with van der Waals surface area (Å²) in [5.41, 5.74) is 0. The van der Waals surface area contributed by atoms with Gasteiger partial charge in [-0.1, -0.05) is 0 Å². The standard InChI is InChI=1S/C12H13F2NO2S/c13-10-3-2-9(8-11(10)14)18-7-4-12(16)15-5-1-6-17-15/h2-3,8H,1,4-7H2. The SMILES string of the molecule is O=C(CCSc1ccc(F)c(F)c1)N1CCCO1. The number of hydroxylamine groups is 2. The summed E-state index contributed by atoms with van der Waals surface area (Å²) in [6.07, 6.45) is 1.19. The molecule has 18 heavy (non-hydrogen) atoms. The maximum atomic E-state index is 12.9. The van der Waals surface area contributed by atoms with E-state index in [9.17, 15) is 13.6 Å². The molecule has 3 nitrogen and oxygen atoms in total. The van der Waals surface area contributed by atoms with Crippen LogP contribution in [0.25, 0.3) is 0 Å². The molecule has 0 unspecified atom stereocenters. The Morgan fingerprint density at radius 2 is 2.22 bits per heavy atom. The molecule has 1 aromatic rings. The van der Waals surface area contributed by atoms with Gasteiger partial charge in [0.25, 0.3) is 0 Å². The van der Waals surface area contributed by atoms with Crippen molar-refractivity contribution < 1.29 is 18.4 Å². The van der Waals surface area contributed by atoms with E-state index in [1.165, 1.54) is 22.9 Å². The molecular weight excluding hydrogens is 260 g/mol. The molecule has 1 heterocycles. The number of carbonyl (C=O) groups excluding carboxylic acids is 1. The normalized spacial score (nSPS) is 15.1. The van der Waals surface area contributed by atoms with Crippen molar-refractivity contribution in [3.63, 3.8) is 0 Å². The fraction of sp³-hybridized carbons (Fsp3) is 0.417. The van der Waals surface area contributed by atoms with Crippen LogP contribution in [-0.2, 0) is 9.63 Å². The first-order valence-electron chi connectivity index (χ1n) is 5.68. The van der Waals surface area contributed by atoms with Gasteiger partial charge in [0, 0.05) is 17.1 Å². The largest absolute Gasteiger partial charge is 0.273 e. The third-order valence-electron chi connectivity index (χ3n) is 2.51. The summed E-state index contributed by atoms with van der Waals surface area (Å²) >= 11 is 1.32. The highest BCUT2D eigenvalue weighted by Gasteiger charge is 2.18. The molecule has 0 bridgehead atoms. The second-order valence-corrected chi connectivity index (χ2v) is 5.03. The zero-order chi connectivity index (χ0) is 13.0. The smallest absolute Gasteiger partial charge is 0.246 e. The number of benzene rings is 1. The maximum Gasteiger partial charge on any atom is 0.246 e. The van der Waals surface area contributed by atoms with Gasteiger partial charge in [-0.2, -0.15) is 0 Å². The summed E-state index contributed by atoms with van der Waals surface area (Å²) in [5, 5.41) is 1.37. The number of amides is 1. The second kappa shape index (κ2) is 6.15. The van der Waals surface area contributed by atoms with Crippen molar-refractivity contribution in [2.24, 2.45) is 0 Å². The molecular formula is C12H13F2NO2S. The van der Waals surface area contributed by atoms with Gasteiger partial charge in [0.15, 0.2) is 11.6 Å². The van der Waals surface area contributed by atoms with Crippen molar-refractivity contribution >= 4 is 17.7 Å². The van der Waals surface area contributed by atoms with Crippen molar-refractivity contribution in [3.8, 4) is 0 Å². The van der Waals surface area contributed by atoms with E-state index in [1.807, 2.05) is 0 Å². The van der Waals surface area contributed by atoms with Gasteiger partial charge in [0.2, 0.25) is 5.91 Å². The fourth-order valence-corrected chi connectivity index (χ4v) is 2.46. The van der Waals surface area contributed by atoms with Crippen molar-refractivity contribution in [1.82, 2.24) is 5.06 Å². The Labute approximate surface area is 108 Å². The summed E-state index contributed by atoms with van der Waals surface area (Å²) in [5.74, 6) is -1.28. The lowest BCUT2D eigenvalue weighted by atomic mass is 10.3. The van der Waals surface area contributed by atoms with E-state index in [1.54, 1.807) is 0 Å². The average molecular weight is 273 g/mol. The van der Waals surface area contributed by atoms with Gasteiger partial charge in [-0.15, -0.1) is 11.8 Å². The molecule has 0 aromatic heterocycles. The lowest BCUT2D eigenvalue weighted by molar-refractivity contribution is -0.168. The zero-order valence-electron chi connectivity index (χ0n) is 9.70. The van der Waals surface area contributed by atoms with Crippen LogP contribution >= 0.6 is 11.8 Å². The molecule has 0 aliphatic carbocycles. The number of nitrogens with zero attached hydrogens (tertiary/aromatic N) is 1. The summed E-state index contributed by atoms with van der Waals surface area (Å²) in [4.78, 5) is 17.3. The van der Waals surface area contributed by atoms with E-state index >= 15 is 0 Å². The van der Waals surface area contributed by atoms with Crippen molar-refractivity contribution in [2.75, 3.05) is 18.9 Å². The quantitative estimate of drug-likeness (QED) is 0.790. The predicted octanol–water partition coefficient (Wildman–Crippen LogP) is 2.61. The molecule has 0 spiro atoms. The van der Waals surface area contributed by atoms with E-state index in [0.29, 0.717) is 30.2 Å². The van der Waals surface area contributed by atoms with Crippen LogP contribution in [0.1, 0.15) is 12.8 Å². The Balaban J connectivity index is 1.77. The van der Waals surface area contributed by atoms with Crippen LogP contribution in [-0.4, -0.2) is 29.9 Å². The maximum absolute atomic E-state index is 12.9. The average Bonchev–Trinajstić information content (AvgIpc) is 2.87. The first kappa shape index (κ1) is 13.3. The molecule has 0 atom stereocenters. The molecule has 98 valence electrons. The molecule has 6 heteroatoms. The van der Waals surface area contributed by atoms with Crippen molar-refractivity contribution in [1.29, 1.82) is 0 Å². The summed E-state index contributed by atoms with van der Waals surface area (Å²) in [6.45, 7) is 1.22. The second-order valence-electron chi connectivity index (χ2n) is 3.86. The first-order valence-corrected chi connectivity index (χ1v) is 6.66. The molecule has 1 aliphatic rings. The van der Waals surface area contributed by atoms with Crippen LogP contribution in [0.3, 0.4) is 0 Å². The highest BCUT2D eigenvalue weighted by molar-refractivity contribution is 7.99. The summed E-state index contributed by atoms with van der Waals surface area (Å²) in [7, 11) is 0. The van der Waals surface area contributed by atoms with E-state index < -0.39 is 11.6 Å². The van der Waals surface area contributed by atoms with Crippen molar-refractivity contribution in [3.05, 3.63) is 29.8 Å². The van der Waals surface area contributed by atoms with Gasteiger partial charge in [-0.25, -0.2) is 13.8 Å². The van der Waals surface area contributed by atoms with Crippen molar-refractivity contribution in [2.45, 2.75) is 17.7 Å². The van der Waals surface area contributed by atoms with E-state index in [2.05, 4.69) is 0 Å². The van der Waals surface area contributed by atoms with Gasteiger partial charge in [-0.3, -0.25) is 9.63 Å². The van der Waals surface area contributed by atoms with Crippen LogP contribution in [0.15, 0.2) is 23.1 Å². The molecule has 1 aromatic carbocycles. The van der Waals surface area contributed by atoms with Crippen LogP contribution in [0, 0.1) is 11.6 Å². The molecule has 1 saturated heterocycles. The number of hydrogen-bond donors (Lipinski definition) is 0. The monoisotopic (exact) mass is 273 g/mol. The Morgan fingerprint density at radius 1 is 1.39 bits per heavy atom. The number of thioether (sulfide) groups is 1. The van der Waals surface area contributed by atoms with Crippen LogP contribution in [0.5, 0.6) is 0 Å². The minimum atomic E-state index is -0.866. The molecule has 0 saturated carbocycles. The Morgan fingerprint density at radius 3 is 2.89 bits per heavy atom. The Bertz CT molecular complexity index is 436. The summed E-state index contributed by atoms with van der Waals surface area (Å²) in [6, 6.07) is 3.72. The minimum Gasteiger partial charge on any atom is -0.273 e. The molecule has 1 amide bonds. The molecule has 1 aliphatic heterocycles. The topological polar surface area (TPSA) is 29.5 Å². The van der Waals surface area contributed by atoms with E-state index in [0.717, 1.165) is 18.6 Å².